The van der Waals surface area contributed by atoms with Gasteiger partial charge in [0, 0.05) is 6.92 Å². The number of hydrazone groups is 1. The van der Waals surface area contributed by atoms with E-state index in [-0.39, 0.29) is 5.78 Å². The number of ketones is 1. The van der Waals surface area contributed by atoms with Crippen LogP contribution >= 0.6 is 27.3 Å². The van der Waals surface area contributed by atoms with Crippen LogP contribution in [-0.4, -0.2) is 23.6 Å². The van der Waals surface area contributed by atoms with Gasteiger partial charge in [-0.15, -0.1) is 0 Å². The van der Waals surface area contributed by atoms with Crippen LogP contribution in [0.1, 0.15) is 34.8 Å². The van der Waals surface area contributed by atoms with E-state index in [1.807, 2.05) is 32.0 Å². The van der Waals surface area contributed by atoms with Crippen LogP contribution in [0.25, 0.3) is 0 Å². The zero-order valence-corrected chi connectivity index (χ0v) is 14.9. The Morgan fingerprint density at radius 2 is 2.32 bits per heavy atom. The summed E-state index contributed by atoms with van der Waals surface area (Å²) in [6.07, 6.45) is 1.69. The summed E-state index contributed by atoms with van der Waals surface area (Å²) in [5.41, 5.74) is 4.49. The maximum atomic E-state index is 11.4. The first-order valence-electron chi connectivity index (χ1n) is 6.71. The summed E-state index contributed by atoms with van der Waals surface area (Å²) in [5.74, 6) is 0.816. The van der Waals surface area contributed by atoms with E-state index < -0.39 is 0 Å². The number of hydrogen-bond donors (Lipinski definition) is 1. The van der Waals surface area contributed by atoms with E-state index >= 15 is 0 Å². The first kappa shape index (κ1) is 16.6. The van der Waals surface area contributed by atoms with Crippen LogP contribution in [0, 0.1) is 6.92 Å². The fourth-order valence-electron chi connectivity index (χ4n) is 1.80. The van der Waals surface area contributed by atoms with E-state index in [1.54, 1.807) is 6.21 Å². The van der Waals surface area contributed by atoms with Crippen molar-refractivity contribution in [1.29, 1.82) is 0 Å². The number of rotatable bonds is 6. The van der Waals surface area contributed by atoms with Gasteiger partial charge in [0.15, 0.2) is 5.78 Å². The number of carbonyl (C=O) groups is 1. The highest BCUT2D eigenvalue weighted by molar-refractivity contribution is 9.10. The zero-order valence-electron chi connectivity index (χ0n) is 12.5. The fourth-order valence-corrected chi connectivity index (χ4v) is 3.13. The second-order valence-electron chi connectivity index (χ2n) is 4.48. The van der Waals surface area contributed by atoms with Crippen LogP contribution in [0.5, 0.6) is 5.75 Å². The summed E-state index contributed by atoms with van der Waals surface area (Å²) in [7, 11) is 0. The van der Waals surface area contributed by atoms with Gasteiger partial charge in [-0.25, -0.2) is 4.98 Å². The Morgan fingerprint density at radius 1 is 1.55 bits per heavy atom. The maximum absolute atomic E-state index is 11.4. The van der Waals surface area contributed by atoms with E-state index in [2.05, 4.69) is 31.4 Å². The van der Waals surface area contributed by atoms with Gasteiger partial charge in [-0.1, -0.05) is 11.3 Å². The van der Waals surface area contributed by atoms with Crippen LogP contribution in [0.3, 0.4) is 0 Å². The van der Waals surface area contributed by atoms with Crippen molar-refractivity contribution in [3.63, 3.8) is 0 Å². The van der Waals surface area contributed by atoms with Crippen LogP contribution < -0.4 is 10.2 Å². The van der Waals surface area contributed by atoms with E-state index in [4.69, 9.17) is 4.74 Å². The molecule has 1 N–H and O–H groups in total. The summed E-state index contributed by atoms with van der Waals surface area (Å²) >= 11 is 4.76. The van der Waals surface area contributed by atoms with E-state index in [1.165, 1.54) is 18.3 Å². The van der Waals surface area contributed by atoms with Crippen molar-refractivity contribution in [2.24, 2.45) is 5.10 Å². The molecule has 0 saturated carbocycles. The Bertz CT molecular complexity index is 713. The van der Waals surface area contributed by atoms with Gasteiger partial charge >= 0.3 is 0 Å². The predicted molar refractivity (Wildman–Crippen MR) is 93.4 cm³/mol. The number of ether oxygens (including phenoxy) is 1. The summed E-state index contributed by atoms with van der Waals surface area (Å²) < 4.78 is 6.33. The molecule has 0 aliphatic heterocycles. The lowest BCUT2D eigenvalue weighted by Crippen LogP contribution is -1.94. The highest BCUT2D eigenvalue weighted by Gasteiger charge is 2.10. The lowest BCUT2D eigenvalue weighted by atomic mass is 10.2. The maximum Gasteiger partial charge on any atom is 0.204 e. The third kappa shape index (κ3) is 4.14. The van der Waals surface area contributed by atoms with Crippen molar-refractivity contribution in [3.05, 3.63) is 38.8 Å². The number of anilines is 1. The fraction of sp³-hybridized carbons (Fsp3) is 0.267. The highest BCUT2D eigenvalue weighted by Crippen LogP contribution is 2.26. The monoisotopic (exact) mass is 381 g/mol. The minimum Gasteiger partial charge on any atom is -0.493 e. The van der Waals surface area contributed by atoms with Gasteiger partial charge in [0.1, 0.15) is 5.75 Å². The smallest absolute Gasteiger partial charge is 0.204 e. The molecule has 0 aliphatic carbocycles. The summed E-state index contributed by atoms with van der Waals surface area (Å²) in [6, 6.07) is 5.72. The number of hydrogen-bond acceptors (Lipinski definition) is 6. The SMILES string of the molecule is CCOc1ccc(/C=N\Nc2nc(C)c(C(C)=O)s2)cc1Br. The van der Waals surface area contributed by atoms with Crippen molar-refractivity contribution in [3.8, 4) is 5.75 Å². The van der Waals surface area contributed by atoms with Crippen LogP contribution in [0.4, 0.5) is 5.13 Å². The minimum atomic E-state index is 0.0162. The number of aryl methyl sites for hydroxylation is 1. The topological polar surface area (TPSA) is 63.6 Å². The number of benzene rings is 1. The van der Waals surface area contributed by atoms with E-state index in [0.717, 1.165) is 21.5 Å². The van der Waals surface area contributed by atoms with Crippen molar-refractivity contribution >= 4 is 44.4 Å². The Hall–Kier alpha value is -1.73. The van der Waals surface area contributed by atoms with Crippen LogP contribution in [0.2, 0.25) is 0 Å². The quantitative estimate of drug-likeness (QED) is 0.461. The molecule has 0 saturated heterocycles. The molecule has 0 fully saturated rings. The first-order valence-corrected chi connectivity index (χ1v) is 8.32. The molecule has 1 heterocycles. The zero-order chi connectivity index (χ0) is 16.1. The lowest BCUT2D eigenvalue weighted by Gasteiger charge is -2.05. The number of halogens is 1. The van der Waals surface area contributed by atoms with Gasteiger partial charge in [-0.2, -0.15) is 5.10 Å². The summed E-state index contributed by atoms with van der Waals surface area (Å²) in [6.45, 7) is 5.91. The molecule has 116 valence electrons. The van der Waals surface area contributed by atoms with Gasteiger partial charge in [0.25, 0.3) is 0 Å². The molecule has 0 radical (unpaired) electrons. The van der Waals surface area contributed by atoms with Crippen LogP contribution in [-0.2, 0) is 0 Å². The van der Waals surface area contributed by atoms with Gasteiger partial charge in [-0.05, 0) is 53.5 Å². The highest BCUT2D eigenvalue weighted by atomic mass is 79.9. The average molecular weight is 382 g/mol. The van der Waals surface area contributed by atoms with Gasteiger partial charge in [-0.3, -0.25) is 10.2 Å². The summed E-state index contributed by atoms with van der Waals surface area (Å²) in [4.78, 5) is 16.3. The Labute approximate surface area is 141 Å². The molecule has 0 unspecified atom stereocenters. The normalized spacial score (nSPS) is 10.9. The lowest BCUT2D eigenvalue weighted by molar-refractivity contribution is 0.102. The molecule has 2 aromatic rings. The number of aromatic nitrogens is 1. The van der Waals surface area contributed by atoms with Gasteiger partial charge < -0.3 is 4.74 Å². The molecule has 7 heteroatoms. The van der Waals surface area contributed by atoms with E-state index in [0.29, 0.717) is 16.6 Å². The molecular formula is C15H16BrN3O2S. The third-order valence-corrected chi connectivity index (χ3v) is 4.53. The number of Topliss-reactive ketones (excluding diaryl/α,β-unsaturated/α-hetero) is 1. The van der Waals surface area contributed by atoms with Gasteiger partial charge in [0.2, 0.25) is 5.13 Å². The molecule has 0 amide bonds. The molecule has 1 aromatic heterocycles. The average Bonchev–Trinajstić information content (AvgIpc) is 2.83. The van der Waals surface area contributed by atoms with Crippen molar-refractivity contribution in [1.82, 2.24) is 4.98 Å². The molecule has 0 spiro atoms. The number of thiazole rings is 1. The molecule has 5 nitrogen and oxygen atoms in total. The van der Waals surface area contributed by atoms with Crippen molar-refractivity contribution in [2.45, 2.75) is 20.8 Å². The number of carbonyl (C=O) groups excluding carboxylic acids is 1. The van der Waals surface area contributed by atoms with Crippen molar-refractivity contribution < 1.29 is 9.53 Å². The third-order valence-electron chi connectivity index (χ3n) is 2.75. The van der Waals surface area contributed by atoms with Gasteiger partial charge in [0.05, 0.1) is 27.9 Å². The number of nitrogens with one attached hydrogen (secondary N) is 1. The molecule has 2 rings (SSSR count). The molecule has 0 bridgehead atoms. The summed E-state index contributed by atoms with van der Waals surface area (Å²) in [5, 5.41) is 4.74. The molecule has 22 heavy (non-hydrogen) atoms. The first-order chi connectivity index (χ1) is 10.5. The molecule has 0 atom stereocenters. The predicted octanol–water partition coefficient (Wildman–Crippen LogP) is 4.26. The second-order valence-corrected chi connectivity index (χ2v) is 6.34. The molecule has 1 aromatic carbocycles. The Balaban J connectivity index is 2.05. The Morgan fingerprint density at radius 3 is 2.91 bits per heavy atom. The minimum absolute atomic E-state index is 0.0162. The Kier molecular flexibility index (Phi) is 5.68. The van der Waals surface area contributed by atoms with Crippen molar-refractivity contribution in [2.75, 3.05) is 12.0 Å². The van der Waals surface area contributed by atoms with E-state index in [9.17, 15) is 4.79 Å². The number of nitrogens with zero attached hydrogens (tertiary/aromatic N) is 2. The second kappa shape index (κ2) is 7.51. The van der Waals surface area contributed by atoms with Crippen LogP contribution in [0.15, 0.2) is 27.8 Å². The molecule has 0 aliphatic rings. The molecular weight excluding hydrogens is 366 g/mol. The largest absolute Gasteiger partial charge is 0.493 e. The standard InChI is InChI=1S/C15H16BrN3O2S/c1-4-21-13-6-5-11(7-12(13)16)8-17-19-15-18-9(2)14(22-15)10(3)20/h5-8H,4H2,1-3H3,(H,18,19)/b17-8-.